The van der Waals surface area contributed by atoms with Crippen LogP contribution in [-0.4, -0.2) is 33.6 Å². The van der Waals surface area contributed by atoms with Gasteiger partial charge < -0.3 is 15.5 Å². The van der Waals surface area contributed by atoms with Crippen molar-refractivity contribution in [3.05, 3.63) is 24.0 Å². The van der Waals surface area contributed by atoms with Crippen molar-refractivity contribution in [1.29, 1.82) is 0 Å². The van der Waals surface area contributed by atoms with Gasteiger partial charge in [0.2, 0.25) is 0 Å². The van der Waals surface area contributed by atoms with Crippen LogP contribution in [0.2, 0.25) is 0 Å². The SMILES string of the molecule is O=C(O)CCCCNC(=O)c1ccncc1O. The highest BCUT2D eigenvalue weighted by Gasteiger charge is 2.09. The Balaban J connectivity index is 2.31. The highest BCUT2D eigenvalue weighted by atomic mass is 16.4. The van der Waals surface area contributed by atoms with E-state index in [0.717, 1.165) is 0 Å². The van der Waals surface area contributed by atoms with E-state index in [1.165, 1.54) is 18.5 Å². The second kappa shape index (κ2) is 6.47. The summed E-state index contributed by atoms with van der Waals surface area (Å²) in [5.74, 6) is -1.40. The first-order chi connectivity index (χ1) is 8.11. The Morgan fingerprint density at radius 3 is 2.76 bits per heavy atom. The van der Waals surface area contributed by atoms with E-state index in [1.54, 1.807) is 0 Å². The van der Waals surface area contributed by atoms with Gasteiger partial charge in [-0.2, -0.15) is 0 Å². The molecule has 0 fully saturated rings. The van der Waals surface area contributed by atoms with Gasteiger partial charge in [-0.15, -0.1) is 0 Å². The number of hydrogen-bond acceptors (Lipinski definition) is 4. The van der Waals surface area contributed by atoms with Crippen molar-refractivity contribution in [2.24, 2.45) is 0 Å². The number of unbranched alkanes of at least 4 members (excludes halogenated alkanes) is 1. The molecule has 0 unspecified atom stereocenters. The lowest BCUT2D eigenvalue weighted by Gasteiger charge is -2.05. The van der Waals surface area contributed by atoms with E-state index < -0.39 is 5.97 Å². The predicted molar refractivity (Wildman–Crippen MR) is 59.7 cm³/mol. The minimum atomic E-state index is -0.844. The van der Waals surface area contributed by atoms with Gasteiger partial charge >= 0.3 is 5.97 Å². The maximum Gasteiger partial charge on any atom is 0.303 e. The summed E-state index contributed by atoms with van der Waals surface area (Å²) in [6, 6.07) is 1.42. The van der Waals surface area contributed by atoms with Crippen LogP contribution >= 0.6 is 0 Å². The van der Waals surface area contributed by atoms with Crippen LogP contribution in [0.5, 0.6) is 5.75 Å². The van der Waals surface area contributed by atoms with Crippen molar-refractivity contribution in [3.8, 4) is 5.75 Å². The molecule has 0 aliphatic rings. The molecular weight excluding hydrogens is 224 g/mol. The van der Waals surface area contributed by atoms with Crippen LogP contribution in [0.1, 0.15) is 29.6 Å². The van der Waals surface area contributed by atoms with Crippen molar-refractivity contribution in [2.75, 3.05) is 6.54 Å². The molecule has 1 rings (SSSR count). The standard InChI is InChI=1S/C11H14N2O4/c14-9-7-12-6-4-8(9)11(17)13-5-2-1-3-10(15)16/h4,6-7,14H,1-3,5H2,(H,13,17)(H,15,16). The number of hydrogen-bond donors (Lipinski definition) is 3. The van der Waals surface area contributed by atoms with Crippen LogP contribution in [0.15, 0.2) is 18.5 Å². The average molecular weight is 238 g/mol. The van der Waals surface area contributed by atoms with Crippen molar-refractivity contribution in [1.82, 2.24) is 10.3 Å². The smallest absolute Gasteiger partial charge is 0.303 e. The zero-order valence-corrected chi connectivity index (χ0v) is 9.22. The number of nitrogens with one attached hydrogen (secondary N) is 1. The van der Waals surface area contributed by atoms with Gasteiger partial charge in [0.05, 0.1) is 11.8 Å². The van der Waals surface area contributed by atoms with E-state index in [4.69, 9.17) is 5.11 Å². The summed E-state index contributed by atoms with van der Waals surface area (Å²) in [5, 5.41) is 20.4. The third kappa shape index (κ3) is 4.50. The Morgan fingerprint density at radius 2 is 2.12 bits per heavy atom. The average Bonchev–Trinajstić information content (AvgIpc) is 2.28. The maximum atomic E-state index is 11.5. The molecule has 1 heterocycles. The van der Waals surface area contributed by atoms with Crippen LogP contribution in [0.4, 0.5) is 0 Å². The zero-order valence-electron chi connectivity index (χ0n) is 9.22. The number of rotatable bonds is 6. The number of carboxylic acids is 1. The van der Waals surface area contributed by atoms with Gasteiger partial charge in [0, 0.05) is 19.2 Å². The molecular formula is C11H14N2O4. The van der Waals surface area contributed by atoms with E-state index in [-0.39, 0.29) is 23.6 Å². The molecule has 0 atom stereocenters. The molecule has 0 aliphatic carbocycles. The van der Waals surface area contributed by atoms with E-state index in [2.05, 4.69) is 10.3 Å². The first-order valence-electron chi connectivity index (χ1n) is 5.24. The number of aromatic nitrogens is 1. The lowest BCUT2D eigenvalue weighted by molar-refractivity contribution is -0.137. The second-order valence-corrected chi connectivity index (χ2v) is 3.50. The fourth-order valence-electron chi connectivity index (χ4n) is 1.28. The molecule has 1 aromatic heterocycles. The third-order valence-electron chi connectivity index (χ3n) is 2.15. The molecule has 0 spiro atoms. The van der Waals surface area contributed by atoms with Crippen molar-refractivity contribution >= 4 is 11.9 Å². The Morgan fingerprint density at radius 1 is 1.35 bits per heavy atom. The summed E-state index contributed by atoms with van der Waals surface area (Å²) in [5.41, 5.74) is 0.165. The minimum absolute atomic E-state index is 0.0936. The highest BCUT2D eigenvalue weighted by molar-refractivity contribution is 5.96. The number of aliphatic carboxylic acids is 1. The maximum absolute atomic E-state index is 11.5. The van der Waals surface area contributed by atoms with E-state index in [1.807, 2.05) is 0 Å². The molecule has 3 N–H and O–H groups in total. The summed E-state index contributed by atoms with van der Waals surface area (Å²) in [6.07, 6.45) is 3.80. The van der Waals surface area contributed by atoms with Gasteiger partial charge in [-0.25, -0.2) is 0 Å². The number of carbonyl (C=O) groups excluding carboxylic acids is 1. The fourth-order valence-corrected chi connectivity index (χ4v) is 1.28. The molecule has 0 aromatic carbocycles. The van der Waals surface area contributed by atoms with Crippen molar-refractivity contribution in [2.45, 2.75) is 19.3 Å². The van der Waals surface area contributed by atoms with Gasteiger partial charge in [0.15, 0.2) is 0 Å². The fraction of sp³-hybridized carbons (Fsp3) is 0.364. The quantitative estimate of drug-likeness (QED) is 0.636. The predicted octanol–water partition coefficient (Wildman–Crippen LogP) is 0.772. The topological polar surface area (TPSA) is 99.5 Å². The normalized spacial score (nSPS) is 9.88. The Labute approximate surface area is 98.3 Å². The molecule has 1 amide bonds. The molecule has 6 heteroatoms. The van der Waals surface area contributed by atoms with Gasteiger partial charge in [-0.3, -0.25) is 14.6 Å². The molecule has 0 aliphatic heterocycles. The molecule has 0 saturated carbocycles. The summed E-state index contributed by atoms with van der Waals surface area (Å²) in [4.78, 5) is 25.4. The molecule has 0 saturated heterocycles. The van der Waals surface area contributed by atoms with Crippen molar-refractivity contribution < 1.29 is 19.8 Å². The van der Waals surface area contributed by atoms with Crippen molar-refractivity contribution in [3.63, 3.8) is 0 Å². The Hall–Kier alpha value is -2.11. The summed E-state index contributed by atoms with van der Waals surface area (Å²) >= 11 is 0. The number of carboxylic acid groups (broad SMARTS) is 1. The third-order valence-corrected chi connectivity index (χ3v) is 2.15. The van der Waals surface area contributed by atoms with Gasteiger partial charge in [0.25, 0.3) is 5.91 Å². The molecule has 1 aromatic rings. The molecule has 92 valence electrons. The number of nitrogens with zero attached hydrogens (tertiary/aromatic N) is 1. The molecule has 17 heavy (non-hydrogen) atoms. The second-order valence-electron chi connectivity index (χ2n) is 3.50. The van der Waals surface area contributed by atoms with Crippen LogP contribution in [0, 0.1) is 0 Å². The molecule has 0 bridgehead atoms. The lowest BCUT2D eigenvalue weighted by Crippen LogP contribution is -2.24. The zero-order chi connectivity index (χ0) is 12.7. The minimum Gasteiger partial charge on any atom is -0.505 e. The highest BCUT2D eigenvalue weighted by Crippen LogP contribution is 2.13. The Kier molecular flexibility index (Phi) is 4.93. The summed E-state index contributed by atoms with van der Waals surface area (Å²) in [6.45, 7) is 0.383. The van der Waals surface area contributed by atoms with E-state index >= 15 is 0 Å². The van der Waals surface area contributed by atoms with Crippen LogP contribution in [0.25, 0.3) is 0 Å². The largest absolute Gasteiger partial charge is 0.505 e. The number of carbonyl (C=O) groups is 2. The monoisotopic (exact) mass is 238 g/mol. The molecule has 6 nitrogen and oxygen atoms in total. The molecule has 0 radical (unpaired) electrons. The summed E-state index contributed by atoms with van der Waals surface area (Å²) in [7, 11) is 0. The van der Waals surface area contributed by atoms with Gasteiger partial charge in [0.1, 0.15) is 5.75 Å². The Bertz CT molecular complexity index is 406. The van der Waals surface area contributed by atoms with E-state index in [9.17, 15) is 14.7 Å². The summed E-state index contributed by atoms with van der Waals surface area (Å²) < 4.78 is 0. The van der Waals surface area contributed by atoms with Crippen LogP contribution < -0.4 is 5.32 Å². The number of pyridine rings is 1. The van der Waals surface area contributed by atoms with Gasteiger partial charge in [-0.05, 0) is 18.9 Å². The van der Waals surface area contributed by atoms with Crippen LogP contribution in [0.3, 0.4) is 0 Å². The number of amides is 1. The van der Waals surface area contributed by atoms with Gasteiger partial charge in [-0.1, -0.05) is 0 Å². The number of aromatic hydroxyl groups is 1. The lowest BCUT2D eigenvalue weighted by atomic mass is 10.2. The van der Waals surface area contributed by atoms with E-state index in [0.29, 0.717) is 19.4 Å². The van der Waals surface area contributed by atoms with Crippen LogP contribution in [-0.2, 0) is 4.79 Å². The first kappa shape index (κ1) is 13.0. The first-order valence-corrected chi connectivity index (χ1v) is 5.24.